The van der Waals surface area contributed by atoms with Gasteiger partial charge in [0.2, 0.25) is 0 Å². The van der Waals surface area contributed by atoms with Crippen LogP contribution in [0.4, 0.5) is 0 Å². The highest BCUT2D eigenvalue weighted by atomic mass is 32.1. The molecule has 11 rings (SSSR count). The summed E-state index contributed by atoms with van der Waals surface area (Å²) in [6, 6.07) is 32.8. The van der Waals surface area contributed by atoms with E-state index >= 15 is 0 Å². The predicted octanol–water partition coefficient (Wildman–Crippen LogP) is 29.8. The fourth-order valence-corrected chi connectivity index (χ4v) is 24.5. The topological polar surface area (TPSA) is 25.8 Å². The molecule has 0 aliphatic heterocycles. The second kappa shape index (κ2) is 34.4. The minimum atomic E-state index is -1.55. The molecule has 0 aliphatic rings. The van der Waals surface area contributed by atoms with Gasteiger partial charge in [0.05, 0.1) is 41.9 Å². The molecule has 0 amide bonds. The lowest BCUT2D eigenvalue weighted by Crippen LogP contribution is -2.16. The third-order valence-electron chi connectivity index (χ3n) is 18.6. The van der Waals surface area contributed by atoms with Gasteiger partial charge in [0.25, 0.3) is 0 Å². The van der Waals surface area contributed by atoms with Gasteiger partial charge in [-0.2, -0.15) is 0 Å². The molecule has 0 N–H and O–H groups in total. The van der Waals surface area contributed by atoms with Crippen molar-refractivity contribution in [3.05, 3.63) is 139 Å². The molecule has 1 aromatic carbocycles. The van der Waals surface area contributed by atoms with Crippen LogP contribution in [0.1, 0.15) is 212 Å². The van der Waals surface area contributed by atoms with Crippen LogP contribution in [0.25, 0.3) is 101 Å². The van der Waals surface area contributed by atoms with Crippen LogP contribution in [0, 0.1) is 22.9 Å². The molecule has 0 saturated carbocycles. The van der Waals surface area contributed by atoms with Crippen molar-refractivity contribution in [2.75, 3.05) is 0 Å². The molecular formula is C86H104N2S8Si2. The molecule has 0 aliphatic carbocycles. The first kappa shape index (κ1) is 74.4. The van der Waals surface area contributed by atoms with E-state index < -0.39 is 16.1 Å². The van der Waals surface area contributed by atoms with Gasteiger partial charge in [-0.1, -0.05) is 182 Å². The molecule has 0 fully saturated rings. The van der Waals surface area contributed by atoms with Crippen molar-refractivity contribution in [2.45, 2.75) is 249 Å². The molecule has 98 heavy (non-hydrogen) atoms. The second-order valence-corrected chi connectivity index (χ2v) is 46.9. The molecule has 11 aromatic rings. The largest absolute Gasteiger partial charge is 0.245 e. The van der Waals surface area contributed by atoms with E-state index in [1.54, 1.807) is 44.5 Å². The molecule has 2 nitrogen and oxygen atoms in total. The van der Waals surface area contributed by atoms with E-state index in [0.717, 1.165) is 84.6 Å². The summed E-state index contributed by atoms with van der Waals surface area (Å²) in [7, 11) is -3.10. The maximum absolute atomic E-state index is 5.58. The first-order valence-corrected chi connectivity index (χ1v) is 50.8. The van der Waals surface area contributed by atoms with Gasteiger partial charge in [-0.05, 0) is 208 Å². The van der Waals surface area contributed by atoms with Gasteiger partial charge >= 0.3 is 0 Å². The summed E-state index contributed by atoms with van der Waals surface area (Å²) in [5, 5.41) is 2.24. The van der Waals surface area contributed by atoms with Crippen LogP contribution < -0.4 is 0 Å². The first-order chi connectivity index (χ1) is 47.5. The number of aromatic nitrogens is 2. The lowest BCUT2D eigenvalue weighted by atomic mass is 9.97. The summed E-state index contributed by atoms with van der Waals surface area (Å²) in [5.74, 6) is 7.58. The van der Waals surface area contributed by atoms with Crippen LogP contribution in [0.3, 0.4) is 0 Å². The summed E-state index contributed by atoms with van der Waals surface area (Å²) in [4.78, 5) is 33.4. The Morgan fingerprint density at radius 3 is 0.755 bits per heavy atom. The van der Waals surface area contributed by atoms with Crippen molar-refractivity contribution in [1.29, 1.82) is 0 Å². The Labute approximate surface area is 623 Å². The first-order valence-electron chi connectivity index (χ1n) is 37.3. The minimum Gasteiger partial charge on any atom is -0.245 e. The predicted molar refractivity (Wildman–Crippen MR) is 453 cm³/mol. The highest BCUT2D eigenvalue weighted by Crippen LogP contribution is 2.53. The zero-order chi connectivity index (χ0) is 69.1. The van der Waals surface area contributed by atoms with E-state index in [4.69, 9.17) is 9.97 Å². The number of rotatable bonds is 32. The average Bonchev–Trinajstić information content (AvgIpc) is 1.75. The van der Waals surface area contributed by atoms with Crippen molar-refractivity contribution < 1.29 is 0 Å². The summed E-state index contributed by atoms with van der Waals surface area (Å²) >= 11 is 16.0. The maximum atomic E-state index is 5.58. The Balaban J connectivity index is 0.931. The van der Waals surface area contributed by atoms with Crippen LogP contribution in [-0.2, 0) is 51.4 Å². The molecule has 10 heterocycles. The van der Waals surface area contributed by atoms with E-state index in [9.17, 15) is 0 Å². The molecule has 0 atom stereocenters. The van der Waals surface area contributed by atoms with Crippen molar-refractivity contribution in [2.24, 2.45) is 0 Å². The lowest BCUT2D eigenvalue weighted by molar-refractivity contribution is 0.762. The highest BCUT2D eigenvalue weighted by Gasteiger charge is 2.28. The molecule has 0 radical (unpaired) electrons. The van der Waals surface area contributed by atoms with Gasteiger partial charge in [0.1, 0.15) is 16.1 Å². The van der Waals surface area contributed by atoms with Gasteiger partial charge in [0.15, 0.2) is 0 Å². The third-order valence-corrected chi connectivity index (χ3v) is 30.7. The molecule has 0 spiro atoms. The number of benzene rings is 1. The monoisotopic (exact) mass is 1480 g/mol. The molecule has 0 bridgehead atoms. The van der Waals surface area contributed by atoms with Crippen molar-refractivity contribution in [3.63, 3.8) is 0 Å². The summed E-state index contributed by atoms with van der Waals surface area (Å²) in [6.45, 7) is 33.0. The Hall–Kier alpha value is -4.81. The van der Waals surface area contributed by atoms with Gasteiger partial charge in [-0.3, -0.25) is 0 Å². The van der Waals surface area contributed by atoms with Crippen molar-refractivity contribution in [1.82, 2.24) is 9.97 Å². The molecule has 514 valence electrons. The fourth-order valence-electron chi connectivity index (χ4n) is 13.2. The number of pyridine rings is 2. The number of thiophene rings is 8. The SMILES string of the molecule is CCCCc1c(C#C[Si](C)(C)C)sc(-c2ccc(-c3sc(-c4ccc(-c5ccc6ccc7ccc(-c8ccc(-c9sc(-c%10ccc(-c%11sc(C#C[Si](C)(C)C)c(CCCC)c%11CCCC)s%10)c(CCCC)c9CCCC)s8)nc7c6n5)s4)c(CCCC)c3CCCC)s2)c1CCCC. The molecular weight excluding hydrogens is 1370 g/mol. The summed E-state index contributed by atoms with van der Waals surface area (Å²) in [6.07, 6.45) is 28.1. The third kappa shape index (κ3) is 17.4. The fraction of sp³-hybridized carbons (Fsp3) is 0.442. The zero-order valence-corrected chi connectivity index (χ0v) is 69.7. The molecule has 0 saturated heterocycles. The van der Waals surface area contributed by atoms with Crippen molar-refractivity contribution >= 4 is 129 Å². The molecule has 10 aromatic heterocycles. The Bertz CT molecular complexity index is 4340. The van der Waals surface area contributed by atoms with E-state index in [2.05, 4.69) is 225 Å². The van der Waals surface area contributed by atoms with Crippen LogP contribution in [0.15, 0.2) is 84.9 Å². The number of hydrogen-bond acceptors (Lipinski definition) is 10. The van der Waals surface area contributed by atoms with Gasteiger partial charge in [-0.25, -0.2) is 9.97 Å². The van der Waals surface area contributed by atoms with E-state index in [1.165, 1.54) is 181 Å². The lowest BCUT2D eigenvalue weighted by Gasteiger charge is -2.08. The zero-order valence-electron chi connectivity index (χ0n) is 61.2. The smallest absolute Gasteiger partial charge is 0.129 e. The van der Waals surface area contributed by atoms with E-state index in [0.29, 0.717) is 0 Å². The second-order valence-electron chi connectivity index (χ2n) is 29.0. The number of fused-ring (bicyclic) bond motifs is 3. The summed E-state index contributed by atoms with van der Waals surface area (Å²) in [5.41, 5.74) is 24.1. The molecule has 12 heteroatoms. The Morgan fingerprint density at radius 2 is 0.490 bits per heavy atom. The van der Waals surface area contributed by atoms with Crippen LogP contribution in [0.5, 0.6) is 0 Å². The van der Waals surface area contributed by atoms with Gasteiger partial charge < -0.3 is 0 Å². The van der Waals surface area contributed by atoms with Crippen LogP contribution in [-0.4, -0.2) is 26.1 Å². The van der Waals surface area contributed by atoms with Crippen LogP contribution >= 0.6 is 90.7 Å². The Kier molecular flexibility index (Phi) is 26.1. The van der Waals surface area contributed by atoms with Gasteiger partial charge in [0, 0.05) is 69.3 Å². The van der Waals surface area contributed by atoms with E-state index in [-0.39, 0.29) is 0 Å². The number of unbranched alkanes of at least 4 members (excludes halogenated alkanes) is 8. The molecule has 0 unspecified atom stereocenters. The average molecular weight is 1480 g/mol. The number of hydrogen-bond donors (Lipinski definition) is 0. The summed E-state index contributed by atoms with van der Waals surface area (Å²) < 4.78 is 0. The van der Waals surface area contributed by atoms with Crippen LogP contribution in [0.2, 0.25) is 39.3 Å². The highest BCUT2D eigenvalue weighted by molar-refractivity contribution is 7.30. The Morgan fingerprint density at radius 1 is 0.265 bits per heavy atom. The maximum Gasteiger partial charge on any atom is 0.129 e. The minimum absolute atomic E-state index is 0.968. The van der Waals surface area contributed by atoms with Crippen molar-refractivity contribution in [3.8, 4) is 103 Å². The van der Waals surface area contributed by atoms with Gasteiger partial charge in [-0.15, -0.1) is 102 Å². The normalized spacial score (nSPS) is 12.0. The quantitative estimate of drug-likeness (QED) is 0.0239. The van der Waals surface area contributed by atoms with E-state index in [1.807, 2.05) is 68.0 Å². The number of nitrogens with zero attached hydrogens (tertiary/aromatic N) is 2. The standard InChI is InChI=1S/C86H104N2S8Si2/c1-15-23-31-59-61(33-25-17-3)81(93-69(59)53-55-97(9,10)11)73-49-51-77(91-73)85-65(37-29-21-7)63(35-27-19-5)83(95-85)75-47-45-71(89-75)67-43-41-57-39-40-58-42-44-68(88-80(58)79(57)87-67)72-46-48-76(90-72)84-64(36-28-20-6)66(38-30-22-8)86(96-84)78-52-50-74(92-78)82-62(34-26-18-4)60(32-24-16-2)70(94-82)54-56-98(12,13)14/h39-52H,15-38H2,1-14H3.